The lowest BCUT2D eigenvalue weighted by Crippen LogP contribution is -2.43. The maximum absolute atomic E-state index is 12.1. The van der Waals surface area contributed by atoms with Crippen LogP contribution in [0.15, 0.2) is 4.40 Å². The van der Waals surface area contributed by atoms with E-state index in [4.69, 9.17) is 9.47 Å². The molecule has 1 heterocycles. The Bertz CT molecular complexity index is 340. The van der Waals surface area contributed by atoms with E-state index in [1.807, 2.05) is 20.8 Å². The molecule has 17 heavy (non-hydrogen) atoms. The van der Waals surface area contributed by atoms with Crippen LogP contribution < -0.4 is 0 Å². The van der Waals surface area contributed by atoms with E-state index in [1.54, 1.807) is 0 Å². The number of hydrogen-bond acceptors (Lipinski definition) is 3. The largest absolute Gasteiger partial charge is 0.342 e. The minimum Gasteiger partial charge on any atom is -0.342 e. The maximum atomic E-state index is 12.1. The summed E-state index contributed by atoms with van der Waals surface area (Å²) in [5.41, 5.74) is 0.842. The second-order valence-corrected chi connectivity index (χ2v) is 7.46. The Morgan fingerprint density at radius 3 is 2.47 bits per heavy atom. The Hall–Kier alpha value is -0.260. The fourth-order valence-electron chi connectivity index (χ4n) is 2.10. The summed E-state index contributed by atoms with van der Waals surface area (Å²) in [6, 6.07) is 0. The molecule has 0 aromatic heterocycles. The van der Waals surface area contributed by atoms with Gasteiger partial charge in [0.1, 0.15) is 11.0 Å². The predicted molar refractivity (Wildman–Crippen MR) is 68.4 cm³/mol. The zero-order valence-corrected chi connectivity index (χ0v) is 11.6. The molecule has 1 saturated carbocycles. The number of ether oxygens (including phenoxy) is 2. The molecule has 0 aromatic rings. The zero-order chi connectivity index (χ0) is 12.5. The Morgan fingerprint density at radius 2 is 1.88 bits per heavy atom. The first-order valence-electron chi connectivity index (χ1n) is 6.22. The van der Waals surface area contributed by atoms with E-state index in [-0.39, 0.29) is 4.75 Å². The van der Waals surface area contributed by atoms with Crippen LogP contribution in [0.5, 0.6) is 0 Å². The Morgan fingerprint density at radius 1 is 1.24 bits per heavy atom. The molecule has 1 saturated heterocycles. The SMILES string of the molecule is CC(C)(C)S(=O)/N=C1\CCCCC12OCCO2. The molecule has 0 aromatic carbocycles. The van der Waals surface area contributed by atoms with Crippen molar-refractivity contribution in [2.24, 2.45) is 4.40 Å². The van der Waals surface area contributed by atoms with Crippen LogP contribution in [-0.2, 0) is 20.5 Å². The van der Waals surface area contributed by atoms with E-state index in [0.717, 1.165) is 31.4 Å². The molecule has 2 aliphatic rings. The topological polar surface area (TPSA) is 47.9 Å². The minimum absolute atomic E-state index is 0.329. The van der Waals surface area contributed by atoms with Gasteiger partial charge >= 0.3 is 0 Å². The molecule has 0 N–H and O–H groups in total. The summed E-state index contributed by atoms with van der Waals surface area (Å²) >= 11 is 0. The van der Waals surface area contributed by atoms with Gasteiger partial charge in [-0.15, -0.1) is 0 Å². The summed E-state index contributed by atoms with van der Waals surface area (Å²) < 4.78 is 27.6. The Balaban J connectivity index is 2.22. The molecule has 0 radical (unpaired) electrons. The molecular formula is C12H21NO3S. The van der Waals surface area contributed by atoms with Gasteiger partial charge in [-0.3, -0.25) is 0 Å². The molecule has 98 valence electrons. The molecule has 0 amide bonds. The van der Waals surface area contributed by atoms with Crippen LogP contribution in [0.4, 0.5) is 0 Å². The van der Waals surface area contributed by atoms with E-state index in [1.165, 1.54) is 0 Å². The molecule has 4 nitrogen and oxygen atoms in total. The number of hydrogen-bond donors (Lipinski definition) is 0. The average Bonchev–Trinajstić information content (AvgIpc) is 2.70. The maximum Gasteiger partial charge on any atom is 0.209 e. The standard InChI is InChI=1S/C12H21NO3S/c1-11(2,3)17(14)13-10-6-4-5-7-12(10)15-8-9-16-12/h4-9H2,1-3H3/b13-10+. The number of rotatable bonds is 1. The summed E-state index contributed by atoms with van der Waals surface area (Å²) in [7, 11) is -1.23. The lowest BCUT2D eigenvalue weighted by molar-refractivity contribution is -0.109. The first-order chi connectivity index (χ1) is 7.94. The summed E-state index contributed by atoms with van der Waals surface area (Å²) in [5, 5.41) is 0. The fourth-order valence-corrected chi connectivity index (χ4v) is 2.81. The normalized spacial score (nSPS) is 28.8. The third kappa shape index (κ3) is 2.77. The van der Waals surface area contributed by atoms with Crippen LogP contribution in [0.25, 0.3) is 0 Å². The van der Waals surface area contributed by atoms with Crippen molar-refractivity contribution in [3.8, 4) is 0 Å². The highest BCUT2D eigenvalue weighted by Gasteiger charge is 2.44. The van der Waals surface area contributed by atoms with Crippen molar-refractivity contribution in [3.63, 3.8) is 0 Å². The Labute approximate surface area is 105 Å². The van der Waals surface area contributed by atoms with Crippen molar-refractivity contribution in [2.45, 2.75) is 57.0 Å². The van der Waals surface area contributed by atoms with E-state index >= 15 is 0 Å². The van der Waals surface area contributed by atoms with Crippen molar-refractivity contribution in [3.05, 3.63) is 0 Å². The molecule has 1 atom stereocenters. The predicted octanol–water partition coefficient (Wildman–Crippen LogP) is 2.21. The average molecular weight is 259 g/mol. The summed E-state index contributed by atoms with van der Waals surface area (Å²) in [5.74, 6) is -0.654. The highest BCUT2D eigenvalue weighted by Crippen LogP contribution is 2.34. The second-order valence-electron chi connectivity index (χ2n) is 5.56. The van der Waals surface area contributed by atoms with Crippen LogP contribution in [0, 0.1) is 0 Å². The molecule has 1 unspecified atom stereocenters. The van der Waals surface area contributed by atoms with Crippen LogP contribution in [-0.4, -0.2) is 33.7 Å². The first kappa shape index (κ1) is 13.2. The van der Waals surface area contributed by atoms with Crippen LogP contribution in [0.3, 0.4) is 0 Å². The van der Waals surface area contributed by atoms with Crippen LogP contribution in [0.2, 0.25) is 0 Å². The van der Waals surface area contributed by atoms with Gasteiger partial charge in [-0.2, -0.15) is 4.40 Å². The second kappa shape index (κ2) is 4.78. The lowest BCUT2D eigenvalue weighted by Gasteiger charge is -2.33. The van der Waals surface area contributed by atoms with Gasteiger partial charge in [0.2, 0.25) is 5.79 Å². The number of nitrogens with zero attached hydrogens (tertiary/aromatic N) is 1. The van der Waals surface area contributed by atoms with Crippen molar-refractivity contribution >= 4 is 16.7 Å². The summed E-state index contributed by atoms with van der Waals surface area (Å²) in [4.78, 5) is 0. The Kier molecular flexibility index (Phi) is 3.71. The molecule has 5 heteroatoms. The van der Waals surface area contributed by atoms with E-state index in [2.05, 4.69) is 4.40 Å². The molecule has 1 aliphatic heterocycles. The fraction of sp³-hybridized carbons (Fsp3) is 0.917. The third-order valence-electron chi connectivity index (χ3n) is 3.08. The van der Waals surface area contributed by atoms with E-state index < -0.39 is 16.8 Å². The molecule has 2 fully saturated rings. The molecule has 1 aliphatic carbocycles. The molecule has 1 spiro atoms. The van der Waals surface area contributed by atoms with Gasteiger partial charge in [-0.25, -0.2) is 4.21 Å². The minimum atomic E-state index is -1.23. The monoisotopic (exact) mass is 259 g/mol. The van der Waals surface area contributed by atoms with Gasteiger partial charge in [0, 0.05) is 6.42 Å². The van der Waals surface area contributed by atoms with Gasteiger partial charge in [-0.1, -0.05) is 0 Å². The van der Waals surface area contributed by atoms with Gasteiger partial charge < -0.3 is 9.47 Å². The van der Waals surface area contributed by atoms with E-state index in [0.29, 0.717) is 13.2 Å². The van der Waals surface area contributed by atoms with Crippen molar-refractivity contribution in [1.29, 1.82) is 0 Å². The highest BCUT2D eigenvalue weighted by molar-refractivity contribution is 7.85. The van der Waals surface area contributed by atoms with Crippen LogP contribution >= 0.6 is 0 Å². The van der Waals surface area contributed by atoms with Gasteiger partial charge in [-0.05, 0) is 40.0 Å². The van der Waals surface area contributed by atoms with Gasteiger partial charge in [0.25, 0.3) is 0 Å². The lowest BCUT2D eigenvalue weighted by atomic mass is 9.92. The molecular weight excluding hydrogens is 238 g/mol. The zero-order valence-electron chi connectivity index (χ0n) is 10.8. The molecule has 2 rings (SSSR count). The van der Waals surface area contributed by atoms with E-state index in [9.17, 15) is 4.21 Å². The highest BCUT2D eigenvalue weighted by atomic mass is 32.2. The van der Waals surface area contributed by atoms with Crippen LogP contribution in [0.1, 0.15) is 46.5 Å². The molecule has 0 bridgehead atoms. The first-order valence-corrected chi connectivity index (χ1v) is 7.33. The summed E-state index contributed by atoms with van der Waals surface area (Å²) in [6.45, 7) is 7.01. The summed E-state index contributed by atoms with van der Waals surface area (Å²) in [6.07, 6.45) is 3.84. The van der Waals surface area contributed by atoms with Gasteiger partial charge in [0.05, 0.1) is 23.7 Å². The quantitative estimate of drug-likeness (QED) is 0.725. The van der Waals surface area contributed by atoms with Gasteiger partial charge in [0.15, 0.2) is 0 Å². The van der Waals surface area contributed by atoms with Crippen molar-refractivity contribution < 1.29 is 13.7 Å². The third-order valence-corrected chi connectivity index (χ3v) is 4.51. The van der Waals surface area contributed by atoms with Crippen molar-refractivity contribution in [2.75, 3.05) is 13.2 Å². The van der Waals surface area contributed by atoms with Crippen molar-refractivity contribution in [1.82, 2.24) is 0 Å². The smallest absolute Gasteiger partial charge is 0.209 e.